The van der Waals surface area contributed by atoms with Crippen molar-refractivity contribution in [1.82, 2.24) is 20.1 Å². The molecule has 0 radical (unpaired) electrons. The van der Waals surface area contributed by atoms with Gasteiger partial charge in [0.2, 0.25) is 0 Å². The van der Waals surface area contributed by atoms with E-state index < -0.39 is 0 Å². The van der Waals surface area contributed by atoms with Crippen molar-refractivity contribution in [3.8, 4) is 5.75 Å². The molecule has 21 heavy (non-hydrogen) atoms. The monoisotopic (exact) mass is 290 g/mol. The topological polar surface area (TPSA) is 40.6 Å². The van der Waals surface area contributed by atoms with Gasteiger partial charge in [-0.05, 0) is 32.5 Å². The molecule has 0 aromatic carbocycles. The Bertz CT molecular complexity index is 471. The van der Waals surface area contributed by atoms with Crippen molar-refractivity contribution < 1.29 is 4.74 Å². The van der Waals surface area contributed by atoms with Crippen LogP contribution in [0.2, 0.25) is 0 Å². The third-order valence-corrected chi connectivity index (χ3v) is 4.48. The first kappa shape index (κ1) is 14.8. The fraction of sp³-hybridized carbons (Fsp3) is 0.688. The number of aromatic nitrogens is 1. The molecule has 116 valence electrons. The Morgan fingerprint density at radius 3 is 2.57 bits per heavy atom. The zero-order valence-electron chi connectivity index (χ0n) is 13.2. The lowest BCUT2D eigenvalue weighted by molar-refractivity contribution is -0.00263. The molecule has 4 rings (SSSR count). The number of nitrogens with zero attached hydrogens (tertiary/aromatic N) is 3. The number of fused-ring (bicyclic) bond motifs is 3. The van der Waals surface area contributed by atoms with E-state index in [-0.39, 0.29) is 6.10 Å². The Kier molecular flexibility index (Phi) is 4.42. The number of hydrogen-bond donors (Lipinski definition) is 1. The molecule has 1 aromatic heterocycles. The smallest absolute Gasteiger partial charge is 0.138 e. The van der Waals surface area contributed by atoms with Gasteiger partial charge >= 0.3 is 0 Å². The largest absolute Gasteiger partial charge is 0.489 e. The van der Waals surface area contributed by atoms with Crippen LogP contribution >= 0.6 is 0 Å². The lowest BCUT2D eigenvalue weighted by Crippen LogP contribution is -2.63. The molecule has 5 nitrogen and oxygen atoms in total. The van der Waals surface area contributed by atoms with Crippen LogP contribution in [0, 0.1) is 0 Å². The molecule has 3 aliphatic heterocycles. The molecule has 3 saturated heterocycles. The average Bonchev–Trinajstić information content (AvgIpc) is 2.49. The molecule has 0 spiro atoms. The van der Waals surface area contributed by atoms with Crippen LogP contribution in [0.15, 0.2) is 18.5 Å². The Labute approximate surface area is 127 Å². The summed E-state index contributed by atoms with van der Waals surface area (Å²) in [5.74, 6) is 0.860. The summed E-state index contributed by atoms with van der Waals surface area (Å²) in [6, 6.07) is 2.96. The molecule has 0 aliphatic carbocycles. The second-order valence-corrected chi connectivity index (χ2v) is 6.29. The fourth-order valence-corrected chi connectivity index (χ4v) is 3.50. The molecule has 3 aliphatic rings. The van der Waals surface area contributed by atoms with Crippen LogP contribution < -0.4 is 10.1 Å². The second-order valence-electron chi connectivity index (χ2n) is 6.29. The number of ether oxygens (including phenoxy) is 1. The van der Waals surface area contributed by atoms with Crippen molar-refractivity contribution in [2.45, 2.75) is 32.0 Å². The van der Waals surface area contributed by atoms with Crippen molar-refractivity contribution in [3.05, 3.63) is 24.0 Å². The molecule has 0 amide bonds. The lowest BCUT2D eigenvalue weighted by Gasteiger charge is -2.50. The van der Waals surface area contributed by atoms with Crippen LogP contribution in [0.4, 0.5) is 0 Å². The maximum Gasteiger partial charge on any atom is 0.138 e. The Morgan fingerprint density at radius 2 is 2.00 bits per heavy atom. The van der Waals surface area contributed by atoms with Crippen molar-refractivity contribution in [1.29, 1.82) is 0 Å². The van der Waals surface area contributed by atoms with Gasteiger partial charge in [0.1, 0.15) is 5.75 Å². The van der Waals surface area contributed by atoms with Gasteiger partial charge in [0.25, 0.3) is 0 Å². The quantitative estimate of drug-likeness (QED) is 0.880. The molecular weight excluding hydrogens is 264 g/mol. The van der Waals surface area contributed by atoms with Crippen LogP contribution in [0.5, 0.6) is 5.75 Å². The number of likely N-dealkylation sites (N-methyl/N-ethyl adjacent to an activating group) is 1. The van der Waals surface area contributed by atoms with Crippen molar-refractivity contribution in [2.24, 2.45) is 0 Å². The van der Waals surface area contributed by atoms with Crippen molar-refractivity contribution in [3.63, 3.8) is 0 Å². The van der Waals surface area contributed by atoms with E-state index in [0.717, 1.165) is 12.3 Å². The van der Waals surface area contributed by atoms with Crippen LogP contribution in [-0.2, 0) is 0 Å². The van der Waals surface area contributed by atoms with Crippen molar-refractivity contribution >= 4 is 0 Å². The molecule has 5 heteroatoms. The Hall–Kier alpha value is -1.17. The maximum atomic E-state index is 5.78. The highest BCUT2D eigenvalue weighted by Gasteiger charge is 2.36. The summed E-state index contributed by atoms with van der Waals surface area (Å²) in [6.45, 7) is 10.0. The number of piperazine rings is 3. The third kappa shape index (κ3) is 3.20. The third-order valence-electron chi connectivity index (χ3n) is 4.48. The van der Waals surface area contributed by atoms with E-state index in [4.69, 9.17) is 4.74 Å². The number of nitrogens with one attached hydrogen (secondary N) is 1. The van der Waals surface area contributed by atoms with Crippen LogP contribution in [-0.4, -0.2) is 66.7 Å². The van der Waals surface area contributed by atoms with Gasteiger partial charge in [-0.1, -0.05) is 0 Å². The summed E-state index contributed by atoms with van der Waals surface area (Å²) in [5, 5.41) is 3.49. The highest BCUT2D eigenvalue weighted by Crippen LogP contribution is 2.28. The van der Waals surface area contributed by atoms with Crippen molar-refractivity contribution in [2.75, 3.05) is 39.8 Å². The van der Waals surface area contributed by atoms with Gasteiger partial charge in [0, 0.05) is 45.0 Å². The molecule has 2 atom stereocenters. The average molecular weight is 290 g/mol. The number of hydrogen-bond acceptors (Lipinski definition) is 5. The van der Waals surface area contributed by atoms with Gasteiger partial charge in [0.15, 0.2) is 0 Å². The van der Waals surface area contributed by atoms with E-state index in [1.807, 2.05) is 27.1 Å². The highest BCUT2D eigenvalue weighted by molar-refractivity contribution is 5.27. The maximum absolute atomic E-state index is 5.78. The van der Waals surface area contributed by atoms with E-state index in [1.165, 1.54) is 31.7 Å². The van der Waals surface area contributed by atoms with E-state index in [2.05, 4.69) is 26.2 Å². The van der Waals surface area contributed by atoms with Gasteiger partial charge in [0.05, 0.1) is 18.3 Å². The lowest BCUT2D eigenvalue weighted by atomic mass is 9.95. The van der Waals surface area contributed by atoms with Gasteiger partial charge in [-0.3, -0.25) is 14.8 Å². The SMILES string of the molecule is CNC(c1cncc(OC(C)C)c1)C1CN2CCN1CC2. The summed E-state index contributed by atoms with van der Waals surface area (Å²) >= 11 is 0. The predicted molar refractivity (Wildman–Crippen MR) is 83.6 cm³/mol. The van der Waals surface area contributed by atoms with E-state index in [1.54, 1.807) is 6.20 Å². The van der Waals surface area contributed by atoms with Gasteiger partial charge in [-0.2, -0.15) is 0 Å². The molecule has 3 fully saturated rings. The molecular formula is C16H26N4O. The summed E-state index contributed by atoms with van der Waals surface area (Å²) in [4.78, 5) is 9.54. The van der Waals surface area contributed by atoms with Crippen LogP contribution in [0.1, 0.15) is 25.5 Å². The van der Waals surface area contributed by atoms with E-state index in [0.29, 0.717) is 12.1 Å². The van der Waals surface area contributed by atoms with Gasteiger partial charge in [-0.15, -0.1) is 0 Å². The molecule has 0 saturated carbocycles. The van der Waals surface area contributed by atoms with E-state index >= 15 is 0 Å². The van der Waals surface area contributed by atoms with E-state index in [9.17, 15) is 0 Å². The second kappa shape index (κ2) is 6.30. The highest BCUT2D eigenvalue weighted by atomic mass is 16.5. The molecule has 4 heterocycles. The van der Waals surface area contributed by atoms with Crippen LogP contribution in [0.25, 0.3) is 0 Å². The minimum Gasteiger partial charge on any atom is -0.489 e. The number of pyridine rings is 1. The molecule has 1 aromatic rings. The molecule has 1 N–H and O–H groups in total. The van der Waals surface area contributed by atoms with Gasteiger partial charge in [-0.25, -0.2) is 0 Å². The Balaban J connectivity index is 1.79. The minimum atomic E-state index is 0.177. The summed E-state index contributed by atoms with van der Waals surface area (Å²) in [5.41, 5.74) is 1.22. The molecule has 2 bridgehead atoms. The fourth-order valence-electron chi connectivity index (χ4n) is 3.50. The first-order chi connectivity index (χ1) is 10.2. The first-order valence-corrected chi connectivity index (χ1v) is 7.92. The summed E-state index contributed by atoms with van der Waals surface area (Å²) in [6.07, 6.45) is 3.94. The van der Waals surface area contributed by atoms with Crippen LogP contribution in [0.3, 0.4) is 0 Å². The zero-order valence-corrected chi connectivity index (χ0v) is 13.2. The summed E-state index contributed by atoms with van der Waals surface area (Å²) in [7, 11) is 2.04. The minimum absolute atomic E-state index is 0.177. The normalized spacial score (nSPS) is 29.6. The molecule has 2 unspecified atom stereocenters. The number of rotatable bonds is 5. The summed E-state index contributed by atoms with van der Waals surface area (Å²) < 4.78 is 5.78. The van der Waals surface area contributed by atoms with Gasteiger partial charge < -0.3 is 10.1 Å². The zero-order chi connectivity index (χ0) is 14.8. The first-order valence-electron chi connectivity index (χ1n) is 7.92. The predicted octanol–water partition coefficient (Wildman–Crippen LogP) is 1.13. The standard InChI is InChI=1S/C16H26N4O/c1-12(2)21-14-8-13(9-18-10-14)16(17-3)15-11-19-4-6-20(15)7-5-19/h8-10,12,15-17H,4-7,11H2,1-3H3. The Morgan fingerprint density at radius 1 is 1.24 bits per heavy atom.